The van der Waals surface area contributed by atoms with Crippen LogP contribution in [0.3, 0.4) is 0 Å². The fourth-order valence-corrected chi connectivity index (χ4v) is 4.19. The molecule has 154 valence electrons. The van der Waals surface area contributed by atoms with Crippen LogP contribution in [-0.2, 0) is 4.79 Å². The van der Waals surface area contributed by atoms with E-state index in [1.165, 1.54) is 18.3 Å². The summed E-state index contributed by atoms with van der Waals surface area (Å²) in [5, 5.41) is 2.44. The van der Waals surface area contributed by atoms with E-state index >= 15 is 0 Å². The summed E-state index contributed by atoms with van der Waals surface area (Å²) in [6.45, 7) is 1.30. The third kappa shape index (κ3) is 4.25. The Labute approximate surface area is 189 Å². The number of hydrogen-bond acceptors (Lipinski definition) is 5. The predicted molar refractivity (Wildman–Crippen MR) is 121 cm³/mol. The minimum absolute atomic E-state index is 0.119. The molecule has 6 nitrogen and oxygen atoms in total. The summed E-state index contributed by atoms with van der Waals surface area (Å²) in [5.41, 5.74) is 2.24. The van der Waals surface area contributed by atoms with Crippen molar-refractivity contribution >= 4 is 74.1 Å². The number of para-hydroxylation sites is 2. The Bertz CT molecular complexity index is 1340. The molecule has 0 radical (unpaired) electrons. The van der Waals surface area contributed by atoms with Crippen molar-refractivity contribution in [3.8, 4) is 5.75 Å². The molecule has 30 heavy (non-hydrogen) atoms. The highest BCUT2D eigenvalue weighted by Gasteiger charge is 2.35. The number of carbonyl (C=O) groups is 1. The molecule has 10 heteroatoms. The maximum absolute atomic E-state index is 12.8. The summed E-state index contributed by atoms with van der Waals surface area (Å²) < 4.78 is 5.92. The number of thiazole rings is 1. The number of benzene rings is 2. The molecule has 0 aliphatic heterocycles. The van der Waals surface area contributed by atoms with E-state index in [9.17, 15) is 9.59 Å². The second-order valence-electron chi connectivity index (χ2n) is 6.44. The third-order valence-corrected chi connectivity index (χ3v) is 5.77. The van der Waals surface area contributed by atoms with Gasteiger partial charge in [-0.3, -0.25) is 9.59 Å². The Morgan fingerprint density at radius 3 is 2.57 bits per heavy atom. The van der Waals surface area contributed by atoms with Crippen LogP contribution in [0.15, 0.2) is 53.3 Å². The summed E-state index contributed by atoms with van der Waals surface area (Å²) >= 11 is 18.9. The lowest BCUT2D eigenvalue weighted by molar-refractivity contribution is -0.121. The van der Waals surface area contributed by atoms with Crippen LogP contribution in [0, 0.1) is 0 Å². The predicted octanol–water partition coefficient (Wildman–Crippen LogP) is 3.67. The van der Waals surface area contributed by atoms with Gasteiger partial charge < -0.3 is 10.1 Å². The summed E-state index contributed by atoms with van der Waals surface area (Å²) in [5.74, 6) is 0.000957. The van der Waals surface area contributed by atoms with Crippen molar-refractivity contribution in [2.75, 3.05) is 0 Å². The summed E-state index contributed by atoms with van der Waals surface area (Å²) in [7, 11) is 0. The first-order valence-electron chi connectivity index (χ1n) is 8.74. The lowest BCUT2D eigenvalue weighted by Gasteiger charge is -2.25. The van der Waals surface area contributed by atoms with Crippen molar-refractivity contribution in [3.05, 3.63) is 69.0 Å². The van der Waals surface area contributed by atoms with Gasteiger partial charge in [-0.2, -0.15) is 0 Å². The first-order valence-corrected chi connectivity index (χ1v) is 10.7. The Hall–Kier alpha value is -2.32. The molecule has 0 saturated heterocycles. The number of rotatable bonds is 4. The number of nitrogens with zero attached hydrogens (tertiary/aromatic N) is 2. The number of ether oxygens (including phenoxy) is 1. The van der Waals surface area contributed by atoms with Crippen LogP contribution in [0.4, 0.5) is 0 Å². The van der Waals surface area contributed by atoms with Gasteiger partial charge in [0.15, 0.2) is 4.96 Å². The average molecular weight is 483 g/mol. The van der Waals surface area contributed by atoms with Crippen molar-refractivity contribution in [3.63, 3.8) is 0 Å². The first kappa shape index (κ1) is 20.9. The Morgan fingerprint density at radius 2 is 1.90 bits per heavy atom. The van der Waals surface area contributed by atoms with Gasteiger partial charge in [0, 0.05) is 6.92 Å². The third-order valence-electron chi connectivity index (χ3n) is 4.21. The molecular formula is C20H14Cl3N3O3S. The van der Waals surface area contributed by atoms with Gasteiger partial charge in [-0.05, 0) is 35.9 Å². The number of alkyl halides is 3. The van der Waals surface area contributed by atoms with Crippen molar-refractivity contribution in [1.82, 2.24) is 14.7 Å². The van der Waals surface area contributed by atoms with Gasteiger partial charge in [0.25, 0.3) is 5.56 Å². The molecule has 4 aromatic rings. The molecule has 0 aliphatic carbocycles. The molecule has 1 unspecified atom stereocenters. The number of hydrogen-bond donors (Lipinski definition) is 1. The maximum atomic E-state index is 12.8. The molecule has 0 aliphatic rings. The van der Waals surface area contributed by atoms with Gasteiger partial charge >= 0.3 is 0 Å². The van der Waals surface area contributed by atoms with E-state index in [-0.39, 0.29) is 5.56 Å². The normalized spacial score (nSPS) is 13.7. The van der Waals surface area contributed by atoms with Gasteiger partial charge in [0.1, 0.15) is 5.75 Å². The van der Waals surface area contributed by atoms with Crippen LogP contribution < -0.4 is 20.1 Å². The number of amides is 1. The number of carbonyl (C=O) groups excluding carboxylic acids is 1. The lowest BCUT2D eigenvalue weighted by Crippen LogP contribution is -2.47. The van der Waals surface area contributed by atoms with Gasteiger partial charge in [0.2, 0.25) is 15.9 Å². The fourth-order valence-electron chi connectivity index (χ4n) is 2.90. The van der Waals surface area contributed by atoms with E-state index in [1.807, 2.05) is 24.3 Å². The average Bonchev–Trinajstić information content (AvgIpc) is 3.18. The van der Waals surface area contributed by atoms with E-state index in [0.29, 0.717) is 15.2 Å². The molecule has 0 bridgehead atoms. The van der Waals surface area contributed by atoms with Crippen LogP contribution in [0.5, 0.6) is 5.75 Å². The second-order valence-corrected chi connectivity index (χ2v) is 9.82. The zero-order valence-electron chi connectivity index (χ0n) is 15.4. The van der Waals surface area contributed by atoms with Gasteiger partial charge in [-0.15, -0.1) is 0 Å². The van der Waals surface area contributed by atoms with Crippen LogP contribution >= 0.6 is 46.1 Å². The van der Waals surface area contributed by atoms with Gasteiger partial charge in [-0.1, -0.05) is 70.4 Å². The van der Waals surface area contributed by atoms with E-state index in [0.717, 1.165) is 16.6 Å². The summed E-state index contributed by atoms with van der Waals surface area (Å²) in [6, 6.07) is 14.4. The number of imidazole rings is 1. The van der Waals surface area contributed by atoms with Crippen LogP contribution in [0.2, 0.25) is 0 Å². The van der Waals surface area contributed by atoms with E-state index < -0.39 is 15.9 Å². The molecule has 4 rings (SSSR count). The molecule has 0 fully saturated rings. The van der Waals surface area contributed by atoms with Crippen molar-refractivity contribution < 1.29 is 9.53 Å². The number of nitrogens with one attached hydrogen (secondary N) is 1. The molecule has 0 saturated carbocycles. The van der Waals surface area contributed by atoms with E-state index in [2.05, 4.69) is 10.3 Å². The molecular weight excluding hydrogens is 469 g/mol. The highest BCUT2D eigenvalue weighted by molar-refractivity contribution is 7.15. The fraction of sp³-hybridized carbons (Fsp3) is 0.150. The van der Waals surface area contributed by atoms with Crippen molar-refractivity contribution in [2.24, 2.45) is 0 Å². The molecule has 2 heterocycles. The van der Waals surface area contributed by atoms with E-state index in [4.69, 9.17) is 39.5 Å². The molecule has 2 aromatic heterocycles. The smallest absolute Gasteiger partial charge is 0.274 e. The Kier molecular flexibility index (Phi) is 5.63. The lowest BCUT2D eigenvalue weighted by atomic mass is 10.2. The first-order chi connectivity index (χ1) is 14.2. The molecule has 1 atom stereocenters. The zero-order valence-corrected chi connectivity index (χ0v) is 18.5. The molecule has 1 amide bonds. The Balaban J connectivity index is 1.63. The molecule has 2 aromatic carbocycles. The largest absolute Gasteiger partial charge is 0.466 e. The summed E-state index contributed by atoms with van der Waals surface area (Å²) in [6.07, 6.45) is 0.627. The molecule has 0 spiro atoms. The van der Waals surface area contributed by atoms with E-state index in [1.54, 1.807) is 34.7 Å². The van der Waals surface area contributed by atoms with Crippen LogP contribution in [0.25, 0.3) is 22.1 Å². The number of aromatic nitrogens is 2. The minimum atomic E-state index is -1.84. The highest BCUT2D eigenvalue weighted by Crippen LogP contribution is 2.32. The van der Waals surface area contributed by atoms with Gasteiger partial charge in [0.05, 0.1) is 15.6 Å². The van der Waals surface area contributed by atoms with Crippen LogP contribution in [-0.4, -0.2) is 25.3 Å². The monoisotopic (exact) mass is 481 g/mol. The van der Waals surface area contributed by atoms with Crippen molar-refractivity contribution in [2.45, 2.75) is 16.9 Å². The zero-order chi connectivity index (χ0) is 21.5. The highest BCUT2D eigenvalue weighted by atomic mass is 35.6. The Morgan fingerprint density at radius 1 is 1.20 bits per heavy atom. The van der Waals surface area contributed by atoms with Crippen LogP contribution in [0.1, 0.15) is 12.5 Å². The molecule has 1 N–H and O–H groups in total. The SMILES string of the molecule is CC(=O)NC(Oc1ccc(C=c2sc3nc4ccccc4n3c2=O)cc1)C(Cl)(Cl)Cl. The number of halogens is 3. The standard InChI is InChI=1S/C20H14Cl3N3O3S/c1-11(27)24-18(20(21,22)23)29-13-8-6-12(7-9-13)10-16-17(28)26-15-5-3-2-4-14(15)25-19(26)30-16/h2-10,18H,1H3,(H,24,27). The quantitative estimate of drug-likeness (QED) is 0.356. The van der Waals surface area contributed by atoms with Crippen molar-refractivity contribution in [1.29, 1.82) is 0 Å². The topological polar surface area (TPSA) is 72.7 Å². The van der Waals surface area contributed by atoms with Gasteiger partial charge in [-0.25, -0.2) is 9.38 Å². The maximum Gasteiger partial charge on any atom is 0.274 e. The number of fused-ring (bicyclic) bond motifs is 3. The minimum Gasteiger partial charge on any atom is -0.466 e. The second kappa shape index (κ2) is 8.07. The summed E-state index contributed by atoms with van der Waals surface area (Å²) in [4.78, 5) is 29.3.